The van der Waals surface area contributed by atoms with Crippen molar-refractivity contribution in [3.8, 4) is 0 Å². The molecule has 0 bridgehead atoms. The Hall–Kier alpha value is -2.66. The van der Waals surface area contributed by atoms with Crippen molar-refractivity contribution in [1.29, 1.82) is 0 Å². The smallest absolute Gasteiger partial charge is 0.336 e. The van der Waals surface area contributed by atoms with Gasteiger partial charge in [0.1, 0.15) is 5.58 Å². The third-order valence-corrected chi connectivity index (χ3v) is 5.10. The van der Waals surface area contributed by atoms with Crippen molar-refractivity contribution < 1.29 is 4.42 Å². The topological polar surface area (TPSA) is 54.3 Å². The van der Waals surface area contributed by atoms with Crippen LogP contribution in [-0.2, 0) is 6.42 Å². The van der Waals surface area contributed by atoms with Crippen LogP contribution in [0.2, 0.25) is 0 Å². The van der Waals surface area contributed by atoms with E-state index >= 15 is 0 Å². The van der Waals surface area contributed by atoms with Crippen LogP contribution in [0.15, 0.2) is 57.7 Å². The number of hydrogen-bond donors (Lipinski definition) is 2. The molecule has 1 heterocycles. The maximum atomic E-state index is 11.6. The van der Waals surface area contributed by atoms with Crippen LogP contribution in [0.25, 0.3) is 11.0 Å². The standard InChI is InChI=1S/C21H20N2O2S/c1-13-11-20(24)25-19-12-15(9-10-16(13)19)22-21(26)23-18-8-4-6-14-5-2-3-7-17(14)18/h2-3,5,7,9-12,18H,4,6,8H2,1H3,(H2,22,23,26)/t18-/m0/s1. The first-order chi connectivity index (χ1) is 12.6. The van der Waals surface area contributed by atoms with E-state index in [4.69, 9.17) is 16.6 Å². The molecular weight excluding hydrogens is 344 g/mol. The molecule has 5 heteroatoms. The molecule has 2 aromatic carbocycles. The van der Waals surface area contributed by atoms with Gasteiger partial charge in [-0.1, -0.05) is 24.3 Å². The third-order valence-electron chi connectivity index (χ3n) is 4.88. The molecule has 0 saturated heterocycles. The van der Waals surface area contributed by atoms with Gasteiger partial charge in [-0.2, -0.15) is 0 Å². The van der Waals surface area contributed by atoms with E-state index in [0.717, 1.165) is 35.9 Å². The van der Waals surface area contributed by atoms with Crippen LogP contribution < -0.4 is 16.3 Å². The highest BCUT2D eigenvalue weighted by Crippen LogP contribution is 2.29. The van der Waals surface area contributed by atoms with Crippen LogP contribution >= 0.6 is 12.2 Å². The monoisotopic (exact) mass is 364 g/mol. The van der Waals surface area contributed by atoms with Crippen LogP contribution in [0.4, 0.5) is 5.69 Å². The Balaban J connectivity index is 1.52. The van der Waals surface area contributed by atoms with Crippen LogP contribution in [0.1, 0.15) is 35.6 Å². The maximum Gasteiger partial charge on any atom is 0.336 e. The number of benzene rings is 2. The van der Waals surface area contributed by atoms with Crippen molar-refractivity contribution in [2.24, 2.45) is 0 Å². The number of rotatable bonds is 2. The molecule has 0 saturated carbocycles. The lowest BCUT2D eigenvalue weighted by Crippen LogP contribution is -2.34. The van der Waals surface area contributed by atoms with Crippen LogP contribution in [-0.4, -0.2) is 5.11 Å². The van der Waals surface area contributed by atoms with E-state index in [1.165, 1.54) is 17.2 Å². The molecule has 2 N–H and O–H groups in total. The summed E-state index contributed by atoms with van der Waals surface area (Å²) < 4.78 is 5.30. The molecule has 1 aliphatic rings. The summed E-state index contributed by atoms with van der Waals surface area (Å²) in [6.45, 7) is 1.90. The minimum Gasteiger partial charge on any atom is -0.423 e. The minimum atomic E-state index is -0.341. The van der Waals surface area contributed by atoms with Crippen LogP contribution in [0.5, 0.6) is 0 Å². The van der Waals surface area contributed by atoms with Gasteiger partial charge in [0.05, 0.1) is 6.04 Å². The summed E-state index contributed by atoms with van der Waals surface area (Å²) in [7, 11) is 0. The molecule has 0 radical (unpaired) electrons. The second-order valence-electron chi connectivity index (χ2n) is 6.70. The first kappa shape index (κ1) is 16.8. The quantitative estimate of drug-likeness (QED) is 0.519. The molecule has 4 nitrogen and oxygen atoms in total. The predicted molar refractivity (Wildman–Crippen MR) is 109 cm³/mol. The largest absolute Gasteiger partial charge is 0.423 e. The van der Waals surface area contributed by atoms with Crippen molar-refractivity contribution in [3.05, 3.63) is 75.6 Å². The van der Waals surface area contributed by atoms with Gasteiger partial charge in [0.15, 0.2) is 5.11 Å². The fourth-order valence-electron chi connectivity index (χ4n) is 3.63. The second kappa shape index (κ2) is 6.92. The minimum absolute atomic E-state index is 0.223. The Labute approximate surface area is 157 Å². The zero-order valence-corrected chi connectivity index (χ0v) is 15.4. The van der Waals surface area contributed by atoms with Gasteiger partial charge >= 0.3 is 5.63 Å². The van der Waals surface area contributed by atoms with E-state index in [2.05, 4.69) is 34.9 Å². The van der Waals surface area contributed by atoms with Crippen LogP contribution in [0, 0.1) is 6.92 Å². The van der Waals surface area contributed by atoms with Gasteiger partial charge in [0, 0.05) is 23.2 Å². The SMILES string of the molecule is Cc1cc(=O)oc2cc(NC(=S)N[C@H]3CCCc4ccccc43)ccc12. The average molecular weight is 364 g/mol. The van der Waals surface area contributed by atoms with Crippen molar-refractivity contribution in [2.45, 2.75) is 32.2 Å². The molecule has 0 unspecified atom stereocenters. The number of thiocarbonyl (C=S) groups is 1. The van der Waals surface area contributed by atoms with Gasteiger partial charge in [-0.15, -0.1) is 0 Å². The van der Waals surface area contributed by atoms with Crippen molar-refractivity contribution >= 4 is 34.0 Å². The van der Waals surface area contributed by atoms with E-state index in [-0.39, 0.29) is 11.7 Å². The summed E-state index contributed by atoms with van der Waals surface area (Å²) in [6, 6.07) is 15.9. The van der Waals surface area contributed by atoms with E-state index in [1.807, 2.05) is 25.1 Å². The second-order valence-corrected chi connectivity index (χ2v) is 7.11. The Kier molecular flexibility index (Phi) is 4.47. The summed E-state index contributed by atoms with van der Waals surface area (Å²) in [5.41, 5.74) is 4.64. The lowest BCUT2D eigenvalue weighted by atomic mass is 9.88. The zero-order chi connectivity index (χ0) is 18.1. The number of fused-ring (bicyclic) bond motifs is 2. The summed E-state index contributed by atoms with van der Waals surface area (Å²) in [4.78, 5) is 11.6. The zero-order valence-electron chi connectivity index (χ0n) is 14.5. The number of anilines is 1. The molecule has 0 spiro atoms. The lowest BCUT2D eigenvalue weighted by molar-refractivity contribution is 0.529. The molecule has 1 aliphatic carbocycles. The van der Waals surface area contributed by atoms with Gasteiger partial charge in [0.2, 0.25) is 0 Å². The summed E-state index contributed by atoms with van der Waals surface area (Å²) in [5, 5.41) is 8.13. The van der Waals surface area contributed by atoms with Gasteiger partial charge in [0.25, 0.3) is 0 Å². The first-order valence-corrected chi connectivity index (χ1v) is 9.21. The van der Waals surface area contributed by atoms with Crippen LogP contribution in [0.3, 0.4) is 0 Å². The summed E-state index contributed by atoms with van der Waals surface area (Å²) in [6.07, 6.45) is 3.33. The van der Waals surface area contributed by atoms with Crippen molar-refractivity contribution in [2.75, 3.05) is 5.32 Å². The average Bonchev–Trinajstić information content (AvgIpc) is 2.61. The number of nitrogens with one attached hydrogen (secondary N) is 2. The summed E-state index contributed by atoms with van der Waals surface area (Å²) in [5.74, 6) is 0. The fraction of sp³-hybridized carbons (Fsp3) is 0.238. The van der Waals surface area contributed by atoms with Gasteiger partial charge in [-0.25, -0.2) is 4.79 Å². The molecule has 0 fully saturated rings. The highest BCUT2D eigenvalue weighted by Gasteiger charge is 2.20. The third kappa shape index (κ3) is 3.35. The predicted octanol–water partition coefficient (Wildman–Crippen LogP) is 4.47. The van der Waals surface area contributed by atoms with Crippen molar-refractivity contribution in [3.63, 3.8) is 0 Å². The Morgan fingerprint density at radius 3 is 2.92 bits per heavy atom. The first-order valence-electron chi connectivity index (χ1n) is 8.80. The molecule has 0 aliphatic heterocycles. The lowest BCUT2D eigenvalue weighted by Gasteiger charge is -2.27. The Morgan fingerprint density at radius 2 is 2.04 bits per heavy atom. The van der Waals surface area contributed by atoms with Gasteiger partial charge in [-0.05, 0) is 67.2 Å². The molecule has 1 aromatic heterocycles. The Morgan fingerprint density at radius 1 is 1.19 bits per heavy atom. The highest BCUT2D eigenvalue weighted by atomic mass is 32.1. The fourth-order valence-corrected chi connectivity index (χ4v) is 3.89. The van der Waals surface area contributed by atoms with E-state index in [9.17, 15) is 4.79 Å². The van der Waals surface area contributed by atoms with E-state index in [0.29, 0.717) is 10.7 Å². The maximum absolute atomic E-state index is 11.6. The van der Waals surface area contributed by atoms with Crippen molar-refractivity contribution in [1.82, 2.24) is 5.32 Å². The molecule has 26 heavy (non-hydrogen) atoms. The summed E-state index contributed by atoms with van der Waals surface area (Å²) >= 11 is 5.51. The Bertz CT molecular complexity index is 1040. The number of hydrogen-bond acceptors (Lipinski definition) is 3. The van der Waals surface area contributed by atoms with Gasteiger partial charge < -0.3 is 15.1 Å². The van der Waals surface area contributed by atoms with E-state index in [1.54, 1.807) is 0 Å². The molecule has 0 amide bonds. The molecule has 132 valence electrons. The highest BCUT2D eigenvalue weighted by molar-refractivity contribution is 7.80. The molecule has 4 rings (SSSR count). The van der Waals surface area contributed by atoms with E-state index < -0.39 is 0 Å². The van der Waals surface area contributed by atoms with Gasteiger partial charge in [-0.3, -0.25) is 0 Å². The normalized spacial score (nSPS) is 16.1. The molecule has 1 atom stereocenters. The number of aryl methyl sites for hydroxylation is 2. The molecular formula is C21H20N2O2S. The molecule has 3 aromatic rings.